The van der Waals surface area contributed by atoms with Crippen molar-refractivity contribution in [1.82, 2.24) is 15.5 Å². The molecule has 0 aliphatic heterocycles. The van der Waals surface area contributed by atoms with Crippen LogP contribution in [0.1, 0.15) is 95.9 Å². The normalized spacial score (nSPS) is 12.6. The van der Waals surface area contributed by atoms with Crippen LogP contribution in [0.15, 0.2) is 61.2 Å². The minimum absolute atomic E-state index is 0.283. The molecule has 7 heteroatoms. The summed E-state index contributed by atoms with van der Waals surface area (Å²) >= 11 is 0. The molecule has 0 saturated carbocycles. The van der Waals surface area contributed by atoms with Crippen LogP contribution in [0.2, 0.25) is 0 Å². The molecular weight excluding hydrogens is 502 g/mol. The van der Waals surface area contributed by atoms with E-state index in [1.807, 2.05) is 54.6 Å². The van der Waals surface area contributed by atoms with Gasteiger partial charge in [0, 0.05) is 13.1 Å². The monoisotopic (exact) mass is 549 g/mol. The summed E-state index contributed by atoms with van der Waals surface area (Å²) in [6.45, 7) is 13.7. The van der Waals surface area contributed by atoms with Crippen LogP contribution in [0.25, 0.3) is 6.08 Å². The lowest BCUT2D eigenvalue weighted by atomic mass is 9.99. The van der Waals surface area contributed by atoms with Crippen LogP contribution < -0.4 is 10.6 Å². The number of nitrogens with one attached hydrogen (secondary N) is 2. The van der Waals surface area contributed by atoms with E-state index in [-0.39, 0.29) is 11.8 Å². The lowest BCUT2D eigenvalue weighted by Gasteiger charge is -2.34. The highest BCUT2D eigenvalue weighted by atomic mass is 16.6. The third-order valence-corrected chi connectivity index (χ3v) is 6.47. The summed E-state index contributed by atoms with van der Waals surface area (Å²) in [5.41, 5.74) is 1.80. The van der Waals surface area contributed by atoms with E-state index in [9.17, 15) is 14.4 Å². The van der Waals surface area contributed by atoms with Gasteiger partial charge in [-0.25, -0.2) is 4.79 Å². The average Bonchev–Trinajstić information content (AvgIpc) is 2.92. The predicted octanol–water partition coefficient (Wildman–Crippen LogP) is 6.79. The third kappa shape index (κ3) is 11.2. The van der Waals surface area contributed by atoms with Crippen molar-refractivity contribution in [2.24, 2.45) is 0 Å². The molecule has 2 atom stereocenters. The van der Waals surface area contributed by atoms with E-state index in [1.54, 1.807) is 38.7 Å². The van der Waals surface area contributed by atoms with E-state index < -0.39 is 23.8 Å². The topological polar surface area (TPSA) is 87.7 Å². The zero-order valence-corrected chi connectivity index (χ0v) is 24.9. The predicted molar refractivity (Wildman–Crippen MR) is 161 cm³/mol. The summed E-state index contributed by atoms with van der Waals surface area (Å²) in [6.07, 6.45) is 7.28. The number of hydrogen-bond acceptors (Lipinski definition) is 4. The summed E-state index contributed by atoms with van der Waals surface area (Å²) in [5, 5.41) is 5.69. The number of alkyl carbamates (subject to hydrolysis) is 1. The number of amides is 3. The molecule has 2 N–H and O–H groups in total. The number of carbonyl (C=O) groups excluding carboxylic acids is 3. The molecule has 7 nitrogen and oxygen atoms in total. The molecule has 0 aliphatic rings. The summed E-state index contributed by atoms with van der Waals surface area (Å²) in [5.74, 6) is -0.628. The van der Waals surface area contributed by atoms with Gasteiger partial charge in [-0.15, -0.1) is 0 Å². The Balaban J connectivity index is 2.37. The molecule has 0 aromatic heterocycles. The number of ether oxygens (including phenoxy) is 1. The van der Waals surface area contributed by atoms with Gasteiger partial charge in [0.05, 0.1) is 0 Å². The van der Waals surface area contributed by atoms with Crippen molar-refractivity contribution >= 4 is 24.0 Å². The molecule has 218 valence electrons. The van der Waals surface area contributed by atoms with Gasteiger partial charge in [-0.05, 0) is 56.9 Å². The molecule has 40 heavy (non-hydrogen) atoms. The van der Waals surface area contributed by atoms with Gasteiger partial charge >= 0.3 is 6.09 Å². The van der Waals surface area contributed by atoms with Gasteiger partial charge < -0.3 is 20.3 Å². The highest BCUT2D eigenvalue weighted by Crippen LogP contribution is 2.25. The molecule has 0 radical (unpaired) electrons. The SMILES string of the molecule is C=Cc1cccc(C(C(=O)NCc2ccccc2)N(CCCCCCCC)C(=O)C(C)NC(=O)OC(C)(C)C)c1. The van der Waals surface area contributed by atoms with Crippen molar-refractivity contribution in [3.8, 4) is 0 Å². The second-order valence-corrected chi connectivity index (χ2v) is 11.1. The largest absolute Gasteiger partial charge is 0.444 e. The highest BCUT2D eigenvalue weighted by molar-refractivity contribution is 5.92. The summed E-state index contributed by atoms with van der Waals surface area (Å²) in [6, 6.07) is 15.4. The molecule has 0 fully saturated rings. The molecule has 0 bridgehead atoms. The van der Waals surface area contributed by atoms with Crippen molar-refractivity contribution < 1.29 is 19.1 Å². The highest BCUT2D eigenvalue weighted by Gasteiger charge is 2.34. The van der Waals surface area contributed by atoms with E-state index in [0.717, 1.165) is 43.2 Å². The number of benzene rings is 2. The Morgan fingerprint density at radius 1 is 0.975 bits per heavy atom. The van der Waals surface area contributed by atoms with E-state index in [4.69, 9.17) is 4.74 Å². The van der Waals surface area contributed by atoms with Crippen LogP contribution in [0, 0.1) is 0 Å². The summed E-state index contributed by atoms with van der Waals surface area (Å²) in [4.78, 5) is 41.8. The minimum Gasteiger partial charge on any atom is -0.444 e. The van der Waals surface area contributed by atoms with Gasteiger partial charge in [0.25, 0.3) is 0 Å². The first kappa shape index (κ1) is 32.6. The molecular formula is C33H47N3O4. The fourth-order valence-electron chi connectivity index (χ4n) is 4.43. The lowest BCUT2D eigenvalue weighted by Crippen LogP contribution is -2.52. The van der Waals surface area contributed by atoms with Crippen molar-refractivity contribution in [2.75, 3.05) is 6.54 Å². The van der Waals surface area contributed by atoms with Crippen LogP contribution in [0.4, 0.5) is 4.79 Å². The Kier molecular flexibility index (Phi) is 13.4. The Hall–Kier alpha value is -3.61. The van der Waals surface area contributed by atoms with E-state index in [1.165, 1.54) is 6.42 Å². The first-order valence-electron chi connectivity index (χ1n) is 14.4. The van der Waals surface area contributed by atoms with E-state index >= 15 is 0 Å². The molecule has 2 aromatic carbocycles. The van der Waals surface area contributed by atoms with Gasteiger partial charge in [-0.3, -0.25) is 9.59 Å². The van der Waals surface area contributed by atoms with Gasteiger partial charge in [-0.2, -0.15) is 0 Å². The number of unbranched alkanes of at least 4 members (excludes halogenated alkanes) is 5. The van der Waals surface area contributed by atoms with Crippen molar-refractivity contribution in [3.63, 3.8) is 0 Å². The Morgan fingerprint density at radius 2 is 1.65 bits per heavy atom. The summed E-state index contributed by atoms with van der Waals surface area (Å²) < 4.78 is 5.37. The van der Waals surface area contributed by atoms with Gasteiger partial charge in [0.2, 0.25) is 11.8 Å². The first-order chi connectivity index (χ1) is 19.1. The zero-order chi connectivity index (χ0) is 29.5. The maximum atomic E-state index is 13.9. The molecule has 0 spiro atoms. The Bertz CT molecular complexity index is 1090. The third-order valence-electron chi connectivity index (χ3n) is 6.47. The maximum Gasteiger partial charge on any atom is 0.408 e. The average molecular weight is 550 g/mol. The number of hydrogen-bond donors (Lipinski definition) is 2. The van der Waals surface area contributed by atoms with Crippen molar-refractivity contribution in [3.05, 3.63) is 77.9 Å². The van der Waals surface area contributed by atoms with E-state index in [2.05, 4.69) is 24.1 Å². The first-order valence-corrected chi connectivity index (χ1v) is 14.4. The molecule has 2 unspecified atom stereocenters. The van der Waals surface area contributed by atoms with Crippen molar-refractivity contribution in [2.45, 2.75) is 97.4 Å². The number of carbonyl (C=O) groups is 3. The molecule has 2 aromatic rings. The lowest BCUT2D eigenvalue weighted by molar-refractivity contribution is -0.142. The Morgan fingerprint density at radius 3 is 2.30 bits per heavy atom. The number of rotatable bonds is 15. The molecule has 0 heterocycles. The fraction of sp³-hybridized carbons (Fsp3) is 0.485. The second kappa shape index (κ2) is 16.5. The van der Waals surface area contributed by atoms with Gasteiger partial charge in [0.15, 0.2) is 0 Å². The summed E-state index contributed by atoms with van der Waals surface area (Å²) in [7, 11) is 0. The van der Waals surface area contributed by atoms with Crippen molar-refractivity contribution in [1.29, 1.82) is 0 Å². The fourth-order valence-corrected chi connectivity index (χ4v) is 4.43. The molecule has 2 rings (SSSR count). The van der Waals surface area contributed by atoms with Crippen LogP contribution in [0.5, 0.6) is 0 Å². The van der Waals surface area contributed by atoms with Crippen LogP contribution >= 0.6 is 0 Å². The van der Waals surface area contributed by atoms with Gasteiger partial charge in [-0.1, -0.05) is 100 Å². The molecule has 0 saturated heterocycles. The van der Waals surface area contributed by atoms with Crippen LogP contribution in [-0.4, -0.2) is 41.0 Å². The maximum absolute atomic E-state index is 13.9. The smallest absolute Gasteiger partial charge is 0.408 e. The zero-order valence-electron chi connectivity index (χ0n) is 24.9. The Labute approximate surface area is 240 Å². The second-order valence-electron chi connectivity index (χ2n) is 11.1. The van der Waals surface area contributed by atoms with Crippen LogP contribution in [0.3, 0.4) is 0 Å². The van der Waals surface area contributed by atoms with Gasteiger partial charge in [0.1, 0.15) is 17.7 Å². The van der Waals surface area contributed by atoms with Crippen LogP contribution in [-0.2, 0) is 20.9 Å². The minimum atomic E-state index is -0.887. The molecule has 0 aliphatic carbocycles. The number of nitrogens with zero attached hydrogens (tertiary/aromatic N) is 1. The van der Waals surface area contributed by atoms with E-state index in [0.29, 0.717) is 18.7 Å². The standard InChI is InChI=1S/C33H47N3O4/c1-7-9-10-11-12-16-22-36(31(38)25(3)35-32(39)40-33(4,5)6)29(28-21-17-20-26(8-2)23-28)30(37)34-24-27-18-14-13-15-19-27/h8,13-15,17-21,23,25,29H,2,7,9-12,16,22,24H2,1,3-6H3,(H,34,37)(H,35,39). The quantitative estimate of drug-likeness (QED) is 0.240. The molecule has 3 amide bonds.